The summed E-state index contributed by atoms with van der Waals surface area (Å²) in [7, 11) is -1.10. The van der Waals surface area contributed by atoms with Crippen LogP contribution in [-0.2, 0) is 23.8 Å². The fourth-order valence-electron chi connectivity index (χ4n) is 4.01. The highest BCUT2D eigenvalue weighted by atomic mass is 31.2. The van der Waals surface area contributed by atoms with Crippen LogP contribution < -0.4 is 16.3 Å². The normalized spacial score (nSPS) is 12.2. The highest BCUT2D eigenvalue weighted by Gasteiger charge is 2.38. The van der Waals surface area contributed by atoms with Crippen LogP contribution in [0.4, 0.5) is 4.79 Å². The van der Waals surface area contributed by atoms with Gasteiger partial charge in [0.15, 0.2) is 0 Å². The predicted octanol–water partition coefficient (Wildman–Crippen LogP) is 4.90. The van der Waals surface area contributed by atoms with E-state index in [1.807, 2.05) is 31.2 Å². The summed E-state index contributed by atoms with van der Waals surface area (Å²) in [4.78, 5) is 39.2. The number of methoxy groups -OCH3 is 2. The van der Waals surface area contributed by atoms with E-state index in [1.54, 1.807) is 67.6 Å². The number of nitrogens with two attached hydrogens (primary N) is 1. The quantitative estimate of drug-likeness (QED) is 0.140. The van der Waals surface area contributed by atoms with E-state index in [2.05, 4.69) is 4.74 Å². The van der Waals surface area contributed by atoms with Crippen molar-refractivity contribution in [3.8, 4) is 0 Å². The zero-order valence-electron chi connectivity index (χ0n) is 22.3. The number of nitrogens with zero attached hydrogens (tertiary/aromatic N) is 1. The van der Waals surface area contributed by atoms with Gasteiger partial charge in [0.25, 0.3) is 0 Å². The van der Waals surface area contributed by atoms with E-state index in [0.717, 1.165) is 11.6 Å². The van der Waals surface area contributed by atoms with Gasteiger partial charge >= 0.3 is 18.0 Å². The number of amides is 1. The molecule has 3 aromatic carbocycles. The summed E-state index contributed by atoms with van der Waals surface area (Å²) in [5.41, 5.74) is 8.42. The van der Waals surface area contributed by atoms with Crippen LogP contribution in [0.5, 0.6) is 0 Å². The molecule has 0 heterocycles. The molecule has 0 saturated carbocycles. The van der Waals surface area contributed by atoms with E-state index >= 15 is 0 Å². The Labute approximate surface area is 228 Å². The Morgan fingerprint density at radius 1 is 0.846 bits per heavy atom. The van der Waals surface area contributed by atoms with Crippen LogP contribution >= 0.6 is 7.05 Å². The van der Waals surface area contributed by atoms with Crippen LogP contribution in [0.3, 0.4) is 0 Å². The minimum absolute atomic E-state index is 0.0836. The summed E-state index contributed by atoms with van der Waals surface area (Å²) >= 11 is 0. The minimum Gasteiger partial charge on any atom is -0.466 e. The van der Waals surface area contributed by atoms with Gasteiger partial charge in [-0.05, 0) is 19.4 Å². The van der Waals surface area contributed by atoms with Crippen LogP contribution in [0, 0.1) is 6.92 Å². The standard InChI is InChI=1S/C30H31N2O6P/c1-5-38-30(35)32-39(23-12-8-6-9-13-23,24-14-10-7-11-15-24)28(25(29(34)37-4)20-26(33)36-3)27(31)22-18-16-21(2)17-19-22/h6-20H,5,31H2,1-4H3/b25-20+,28-27?. The second kappa shape index (κ2) is 13.4. The number of hydrogen-bond donors (Lipinski definition) is 1. The van der Waals surface area contributed by atoms with Crippen molar-refractivity contribution in [3.63, 3.8) is 0 Å². The van der Waals surface area contributed by atoms with E-state index in [-0.39, 0.29) is 23.2 Å². The fourth-order valence-corrected chi connectivity index (χ4v) is 7.65. The Morgan fingerprint density at radius 2 is 1.38 bits per heavy atom. The van der Waals surface area contributed by atoms with Crippen LogP contribution in [0.15, 0.2) is 107 Å². The first kappa shape index (κ1) is 29.1. The molecule has 202 valence electrons. The number of esters is 2. The molecule has 0 aliphatic carbocycles. The molecule has 39 heavy (non-hydrogen) atoms. The summed E-state index contributed by atoms with van der Waals surface area (Å²) in [5, 5.41) is 1.37. The van der Waals surface area contributed by atoms with Gasteiger partial charge in [-0.3, -0.25) is 0 Å². The SMILES string of the molecule is CCOC(=O)N=P(C(=C(N)c1ccc(C)cc1)/C(=C\C(=O)OC)C(=O)OC)(c1ccccc1)c1ccccc1. The van der Waals surface area contributed by atoms with Crippen molar-refractivity contribution in [2.24, 2.45) is 10.5 Å². The second-order valence-corrected chi connectivity index (χ2v) is 11.3. The molecule has 9 heteroatoms. The fraction of sp³-hybridized carbons (Fsp3) is 0.167. The van der Waals surface area contributed by atoms with E-state index in [0.29, 0.717) is 16.2 Å². The maximum absolute atomic E-state index is 13.4. The summed E-state index contributed by atoms with van der Waals surface area (Å²) < 4.78 is 20.0. The summed E-state index contributed by atoms with van der Waals surface area (Å²) in [5.74, 6) is -1.65. The molecular weight excluding hydrogens is 515 g/mol. The van der Waals surface area contributed by atoms with Crippen molar-refractivity contribution >= 4 is 41.4 Å². The van der Waals surface area contributed by atoms with Gasteiger partial charge in [0.2, 0.25) is 0 Å². The van der Waals surface area contributed by atoms with Crippen molar-refractivity contribution in [3.05, 3.63) is 113 Å². The van der Waals surface area contributed by atoms with Gasteiger partial charge in [-0.25, -0.2) is 14.4 Å². The highest BCUT2D eigenvalue weighted by molar-refractivity contribution is 7.85. The van der Waals surface area contributed by atoms with Crippen LogP contribution in [0.25, 0.3) is 5.70 Å². The third kappa shape index (κ3) is 6.54. The molecule has 0 aliphatic rings. The molecule has 8 nitrogen and oxygen atoms in total. The molecular formula is C30H31N2O6P. The van der Waals surface area contributed by atoms with Crippen molar-refractivity contribution in [2.75, 3.05) is 20.8 Å². The molecule has 3 aromatic rings. The van der Waals surface area contributed by atoms with Crippen molar-refractivity contribution in [2.45, 2.75) is 13.8 Å². The first-order valence-corrected chi connectivity index (χ1v) is 13.9. The molecule has 3 rings (SSSR count). The second-order valence-electron chi connectivity index (χ2n) is 8.31. The van der Waals surface area contributed by atoms with Gasteiger partial charge in [0.1, 0.15) is 0 Å². The molecule has 2 N–H and O–H groups in total. The maximum atomic E-state index is 13.4. The van der Waals surface area contributed by atoms with Crippen molar-refractivity contribution in [1.82, 2.24) is 0 Å². The monoisotopic (exact) mass is 546 g/mol. The lowest BCUT2D eigenvalue weighted by atomic mass is 10.1. The van der Waals surface area contributed by atoms with Crippen LogP contribution in [0.1, 0.15) is 18.1 Å². The Morgan fingerprint density at radius 3 is 1.85 bits per heavy atom. The lowest BCUT2D eigenvalue weighted by molar-refractivity contribution is -0.138. The van der Waals surface area contributed by atoms with Gasteiger partial charge in [0, 0.05) is 27.7 Å². The predicted molar refractivity (Wildman–Crippen MR) is 153 cm³/mol. The number of hydrogen-bond acceptors (Lipinski definition) is 7. The van der Waals surface area contributed by atoms with Gasteiger partial charge in [0.05, 0.1) is 33.5 Å². The third-order valence-corrected chi connectivity index (χ3v) is 9.51. The molecule has 0 bridgehead atoms. The average Bonchev–Trinajstić information content (AvgIpc) is 2.96. The minimum atomic E-state index is -3.49. The number of carbonyl (C=O) groups is 3. The van der Waals surface area contributed by atoms with Gasteiger partial charge in [-0.15, -0.1) is 0 Å². The smallest absolute Gasteiger partial charge is 0.433 e. The van der Waals surface area contributed by atoms with Crippen molar-refractivity contribution in [1.29, 1.82) is 0 Å². The molecule has 0 atom stereocenters. The summed E-state index contributed by atoms with van der Waals surface area (Å²) in [6, 6.07) is 25.4. The average molecular weight is 547 g/mol. The number of benzene rings is 3. The molecule has 0 radical (unpaired) electrons. The lowest BCUT2D eigenvalue weighted by Crippen LogP contribution is -2.25. The first-order valence-electron chi connectivity index (χ1n) is 12.1. The van der Waals surface area contributed by atoms with Crippen molar-refractivity contribution < 1.29 is 28.6 Å². The molecule has 0 fully saturated rings. The zero-order chi connectivity index (χ0) is 28.4. The molecule has 0 spiro atoms. The summed E-state index contributed by atoms with van der Waals surface area (Å²) in [6.07, 6.45) is 0.179. The topological polar surface area (TPSA) is 117 Å². The largest absolute Gasteiger partial charge is 0.466 e. The zero-order valence-corrected chi connectivity index (χ0v) is 23.2. The molecule has 0 saturated heterocycles. The molecule has 0 aromatic heterocycles. The molecule has 0 unspecified atom stereocenters. The maximum Gasteiger partial charge on any atom is 0.433 e. The number of aryl methyl sites for hydroxylation is 1. The Balaban J connectivity index is 2.68. The molecule has 1 amide bonds. The van der Waals surface area contributed by atoms with Gasteiger partial charge in [-0.2, -0.15) is 4.74 Å². The van der Waals surface area contributed by atoms with E-state index < -0.39 is 25.1 Å². The van der Waals surface area contributed by atoms with Crippen LogP contribution in [-0.4, -0.2) is 38.9 Å². The lowest BCUT2D eigenvalue weighted by Gasteiger charge is -2.30. The summed E-state index contributed by atoms with van der Waals surface area (Å²) in [6.45, 7) is 3.69. The number of ether oxygens (including phenoxy) is 3. The number of rotatable bonds is 8. The Kier molecular flexibility index (Phi) is 10.0. The van der Waals surface area contributed by atoms with Gasteiger partial charge in [-0.1, -0.05) is 90.5 Å². The molecule has 0 aliphatic heterocycles. The number of carbonyl (C=O) groups excluding carboxylic acids is 3. The third-order valence-electron chi connectivity index (χ3n) is 5.82. The highest BCUT2D eigenvalue weighted by Crippen LogP contribution is 2.60. The first-order chi connectivity index (χ1) is 18.8. The Hall–Kier alpha value is -4.42. The Bertz CT molecular complexity index is 1400. The van der Waals surface area contributed by atoms with Crippen LogP contribution in [0.2, 0.25) is 0 Å². The van der Waals surface area contributed by atoms with E-state index in [1.165, 1.54) is 14.2 Å². The van der Waals surface area contributed by atoms with Gasteiger partial charge < -0.3 is 19.9 Å². The van der Waals surface area contributed by atoms with E-state index in [4.69, 9.17) is 19.9 Å². The van der Waals surface area contributed by atoms with E-state index in [9.17, 15) is 14.4 Å².